The van der Waals surface area contributed by atoms with Gasteiger partial charge in [0.05, 0.1) is 11.6 Å². The molecule has 0 unspecified atom stereocenters. The number of carbonyl (C=O) groups is 1. The van der Waals surface area contributed by atoms with Crippen molar-refractivity contribution in [2.45, 2.75) is 19.9 Å². The normalized spacial score (nSPS) is 13.4. The average Bonchev–Trinajstić information content (AvgIpc) is 2.80. The Balaban J connectivity index is 1.58. The molecule has 4 rings (SSSR count). The van der Waals surface area contributed by atoms with Gasteiger partial charge in [-0.25, -0.2) is 4.98 Å². The Kier molecular flexibility index (Phi) is 5.79. The Morgan fingerprint density at radius 1 is 1.10 bits per heavy atom. The molecule has 7 heteroatoms. The van der Waals surface area contributed by atoms with Crippen LogP contribution in [0.5, 0.6) is 11.5 Å². The molecular formula is C23H24N4O3. The number of hydrogen-bond acceptors (Lipinski definition) is 6. The summed E-state index contributed by atoms with van der Waals surface area (Å²) in [4.78, 5) is 23.8. The number of fused-ring (bicyclic) bond motifs is 1. The van der Waals surface area contributed by atoms with Gasteiger partial charge in [0.15, 0.2) is 11.5 Å². The van der Waals surface area contributed by atoms with Crippen molar-refractivity contribution < 1.29 is 14.3 Å². The highest BCUT2D eigenvalue weighted by Gasteiger charge is 2.25. The number of para-hydroxylation sites is 1. The predicted molar refractivity (Wildman–Crippen MR) is 115 cm³/mol. The molecule has 1 N–H and O–H groups in total. The SMILES string of the molecule is CCN(C(=O)c1cccc2c1OCCO2)c1ccnc(N[C@@H](C)c2ccccc2)n1. The first kappa shape index (κ1) is 19.7. The van der Waals surface area contributed by atoms with Crippen molar-refractivity contribution in [3.8, 4) is 11.5 Å². The number of hydrogen-bond donors (Lipinski definition) is 1. The lowest BCUT2D eigenvalue weighted by Crippen LogP contribution is -2.32. The third-order valence-electron chi connectivity index (χ3n) is 4.92. The van der Waals surface area contributed by atoms with Crippen molar-refractivity contribution in [3.05, 3.63) is 71.9 Å². The minimum atomic E-state index is -0.194. The monoisotopic (exact) mass is 404 g/mol. The quantitative estimate of drug-likeness (QED) is 0.667. The average molecular weight is 404 g/mol. The van der Waals surface area contributed by atoms with Crippen LogP contribution in [0.4, 0.5) is 11.8 Å². The summed E-state index contributed by atoms with van der Waals surface area (Å²) in [5, 5.41) is 3.30. The topological polar surface area (TPSA) is 76.6 Å². The Bertz CT molecular complexity index is 1030. The molecular weight excluding hydrogens is 380 g/mol. The largest absolute Gasteiger partial charge is 0.486 e. The minimum Gasteiger partial charge on any atom is -0.486 e. The Hall–Kier alpha value is -3.61. The molecule has 7 nitrogen and oxygen atoms in total. The van der Waals surface area contributed by atoms with Crippen LogP contribution in [0.25, 0.3) is 0 Å². The second kappa shape index (κ2) is 8.82. The summed E-state index contributed by atoms with van der Waals surface area (Å²) >= 11 is 0. The maximum atomic E-state index is 13.3. The molecule has 0 aliphatic carbocycles. The zero-order valence-corrected chi connectivity index (χ0v) is 17.0. The van der Waals surface area contributed by atoms with Crippen LogP contribution in [0.1, 0.15) is 35.8 Å². The zero-order valence-electron chi connectivity index (χ0n) is 17.0. The van der Waals surface area contributed by atoms with Gasteiger partial charge in [0.25, 0.3) is 5.91 Å². The highest BCUT2D eigenvalue weighted by Crippen LogP contribution is 2.34. The number of ether oxygens (including phenoxy) is 2. The number of carbonyl (C=O) groups excluding carboxylic acids is 1. The van der Waals surface area contributed by atoms with E-state index in [2.05, 4.69) is 15.3 Å². The fraction of sp³-hybridized carbons (Fsp3) is 0.261. The fourth-order valence-corrected chi connectivity index (χ4v) is 3.38. The van der Waals surface area contributed by atoms with Gasteiger partial charge in [-0.15, -0.1) is 0 Å². The van der Waals surface area contributed by atoms with Crippen LogP contribution in [0.15, 0.2) is 60.8 Å². The molecule has 2 aromatic carbocycles. The van der Waals surface area contributed by atoms with E-state index in [0.717, 1.165) is 5.56 Å². The van der Waals surface area contributed by atoms with Crippen LogP contribution in [0.2, 0.25) is 0 Å². The molecule has 30 heavy (non-hydrogen) atoms. The molecule has 0 saturated carbocycles. The molecule has 3 aromatic rings. The van der Waals surface area contributed by atoms with E-state index < -0.39 is 0 Å². The second-order valence-corrected chi connectivity index (χ2v) is 6.89. The van der Waals surface area contributed by atoms with Crippen molar-refractivity contribution in [1.82, 2.24) is 9.97 Å². The van der Waals surface area contributed by atoms with Crippen LogP contribution < -0.4 is 19.7 Å². The van der Waals surface area contributed by atoms with Crippen molar-refractivity contribution in [2.75, 3.05) is 30.0 Å². The van der Waals surface area contributed by atoms with Crippen LogP contribution in [0, 0.1) is 0 Å². The third-order valence-corrected chi connectivity index (χ3v) is 4.92. The molecule has 0 bridgehead atoms. The molecule has 154 valence electrons. The molecule has 1 aliphatic rings. The van der Waals surface area contributed by atoms with Gasteiger partial charge in [0.2, 0.25) is 5.95 Å². The highest BCUT2D eigenvalue weighted by atomic mass is 16.6. The lowest BCUT2D eigenvalue weighted by atomic mass is 10.1. The van der Waals surface area contributed by atoms with E-state index in [4.69, 9.17) is 9.47 Å². The molecule has 2 heterocycles. The first-order valence-corrected chi connectivity index (χ1v) is 10.0. The van der Waals surface area contributed by atoms with E-state index in [9.17, 15) is 4.79 Å². The van der Waals surface area contributed by atoms with Crippen molar-refractivity contribution >= 4 is 17.7 Å². The number of nitrogens with zero attached hydrogens (tertiary/aromatic N) is 3. The Morgan fingerprint density at radius 2 is 1.90 bits per heavy atom. The standard InChI is InChI=1S/C23H24N4O3/c1-3-27(22(28)18-10-7-11-19-21(18)30-15-14-29-19)20-12-13-24-23(26-20)25-16(2)17-8-5-4-6-9-17/h4-13,16H,3,14-15H2,1-2H3,(H,24,25,26)/t16-/m0/s1. The summed E-state index contributed by atoms with van der Waals surface area (Å²) in [6.07, 6.45) is 1.65. The Morgan fingerprint density at radius 3 is 2.70 bits per heavy atom. The molecule has 1 aliphatic heterocycles. The van der Waals surface area contributed by atoms with Crippen molar-refractivity contribution in [3.63, 3.8) is 0 Å². The minimum absolute atomic E-state index is 0.0268. The second-order valence-electron chi connectivity index (χ2n) is 6.89. The molecule has 1 atom stereocenters. The van der Waals surface area contributed by atoms with Gasteiger partial charge in [-0.3, -0.25) is 9.69 Å². The highest BCUT2D eigenvalue weighted by molar-refractivity contribution is 6.08. The van der Waals surface area contributed by atoms with Gasteiger partial charge in [-0.05, 0) is 37.6 Å². The summed E-state index contributed by atoms with van der Waals surface area (Å²) in [5.74, 6) is 1.86. The van der Waals surface area contributed by atoms with Gasteiger partial charge in [-0.2, -0.15) is 4.98 Å². The number of nitrogens with one attached hydrogen (secondary N) is 1. The summed E-state index contributed by atoms with van der Waals surface area (Å²) in [5.41, 5.74) is 1.59. The van der Waals surface area contributed by atoms with E-state index >= 15 is 0 Å². The Labute approximate surface area is 175 Å². The third kappa shape index (κ3) is 4.05. The summed E-state index contributed by atoms with van der Waals surface area (Å²) in [7, 11) is 0. The van der Waals surface area contributed by atoms with E-state index in [1.165, 1.54) is 0 Å². The number of anilines is 2. The number of aromatic nitrogens is 2. The zero-order chi connectivity index (χ0) is 20.9. The maximum Gasteiger partial charge on any atom is 0.263 e. The lowest BCUT2D eigenvalue weighted by molar-refractivity contribution is 0.0976. The van der Waals surface area contributed by atoms with Gasteiger partial charge in [0, 0.05) is 12.7 Å². The summed E-state index contributed by atoms with van der Waals surface area (Å²) in [6, 6.07) is 17.2. The fourth-order valence-electron chi connectivity index (χ4n) is 3.38. The number of rotatable bonds is 6. The summed E-state index contributed by atoms with van der Waals surface area (Å²) in [6.45, 7) is 5.30. The van der Waals surface area contributed by atoms with E-state index in [1.807, 2.05) is 44.2 Å². The number of benzene rings is 2. The van der Waals surface area contributed by atoms with Crippen molar-refractivity contribution in [2.24, 2.45) is 0 Å². The molecule has 0 radical (unpaired) electrons. The number of amides is 1. The molecule has 1 amide bonds. The molecule has 0 fully saturated rings. The van der Waals surface area contributed by atoms with Crippen LogP contribution in [0.3, 0.4) is 0 Å². The van der Waals surface area contributed by atoms with Crippen LogP contribution >= 0.6 is 0 Å². The van der Waals surface area contributed by atoms with E-state index in [1.54, 1.807) is 35.4 Å². The van der Waals surface area contributed by atoms with Gasteiger partial charge < -0.3 is 14.8 Å². The molecule has 0 spiro atoms. The molecule has 1 aromatic heterocycles. The summed E-state index contributed by atoms with van der Waals surface area (Å²) < 4.78 is 11.3. The first-order chi connectivity index (χ1) is 14.7. The predicted octanol–water partition coefficient (Wildman–Crippen LogP) is 4.09. The van der Waals surface area contributed by atoms with Gasteiger partial charge in [-0.1, -0.05) is 36.4 Å². The molecule has 0 saturated heterocycles. The van der Waals surface area contributed by atoms with Gasteiger partial charge in [0.1, 0.15) is 19.0 Å². The maximum absolute atomic E-state index is 13.3. The lowest BCUT2D eigenvalue weighted by Gasteiger charge is -2.25. The van der Waals surface area contributed by atoms with Crippen LogP contribution in [-0.2, 0) is 0 Å². The van der Waals surface area contributed by atoms with E-state index in [-0.39, 0.29) is 11.9 Å². The smallest absolute Gasteiger partial charge is 0.263 e. The van der Waals surface area contributed by atoms with E-state index in [0.29, 0.717) is 48.6 Å². The van der Waals surface area contributed by atoms with Crippen molar-refractivity contribution in [1.29, 1.82) is 0 Å². The first-order valence-electron chi connectivity index (χ1n) is 10.0. The van der Waals surface area contributed by atoms with Gasteiger partial charge >= 0.3 is 0 Å². The van der Waals surface area contributed by atoms with Crippen LogP contribution in [-0.4, -0.2) is 35.6 Å².